The van der Waals surface area contributed by atoms with Crippen molar-refractivity contribution in [2.24, 2.45) is 0 Å². The average molecular weight is 307 g/mol. The van der Waals surface area contributed by atoms with Gasteiger partial charge in [0.05, 0.1) is 4.90 Å². The first-order valence-electron chi connectivity index (χ1n) is 6.00. The molecule has 2 aromatic carbocycles. The van der Waals surface area contributed by atoms with Crippen molar-refractivity contribution in [2.75, 3.05) is 11.3 Å². The molecule has 0 aromatic heterocycles. The molecule has 2 N–H and O–H groups in total. The van der Waals surface area contributed by atoms with E-state index < -0.39 is 22.6 Å². The van der Waals surface area contributed by atoms with E-state index in [1.807, 2.05) is 0 Å². The van der Waals surface area contributed by atoms with Gasteiger partial charge in [-0.1, -0.05) is 18.2 Å². The van der Waals surface area contributed by atoms with Crippen molar-refractivity contribution in [1.82, 2.24) is 0 Å². The number of sulfonamides is 1. The maximum absolute atomic E-state index is 12.1. The lowest BCUT2D eigenvalue weighted by molar-refractivity contribution is -0.139. The molecule has 0 bridgehead atoms. The van der Waals surface area contributed by atoms with Crippen molar-refractivity contribution >= 4 is 21.7 Å². The van der Waals surface area contributed by atoms with Gasteiger partial charge in [0.25, 0.3) is 10.0 Å². The number of benzene rings is 2. The summed E-state index contributed by atoms with van der Waals surface area (Å²) in [6, 6.07) is 14.0. The fraction of sp³-hybridized carbons (Fsp3) is 0.0714. The predicted molar refractivity (Wildman–Crippen MR) is 76.8 cm³/mol. The van der Waals surface area contributed by atoms with Gasteiger partial charge in [-0.2, -0.15) is 0 Å². The van der Waals surface area contributed by atoms with E-state index in [-0.39, 0.29) is 4.90 Å². The summed E-state index contributed by atoms with van der Waals surface area (Å²) >= 11 is 0. The van der Waals surface area contributed by atoms with Crippen LogP contribution in [0.1, 0.15) is 0 Å². The predicted octanol–water partition coefficient (Wildman–Crippen LogP) is 1.95. The van der Waals surface area contributed by atoms with Crippen molar-refractivity contribution in [3.05, 3.63) is 54.6 Å². The lowest BCUT2D eigenvalue weighted by Crippen LogP contribution is -2.13. The van der Waals surface area contributed by atoms with E-state index in [0.717, 1.165) is 0 Å². The van der Waals surface area contributed by atoms with Crippen molar-refractivity contribution in [3.8, 4) is 5.75 Å². The second kappa shape index (κ2) is 6.27. The Morgan fingerprint density at radius 3 is 2.24 bits per heavy atom. The van der Waals surface area contributed by atoms with E-state index in [4.69, 9.17) is 9.84 Å². The monoisotopic (exact) mass is 307 g/mol. The smallest absolute Gasteiger partial charge is 0.341 e. The quantitative estimate of drug-likeness (QED) is 0.851. The highest BCUT2D eigenvalue weighted by Crippen LogP contribution is 2.19. The minimum absolute atomic E-state index is 0.163. The first kappa shape index (κ1) is 14.9. The van der Waals surface area contributed by atoms with Crippen LogP contribution in [-0.4, -0.2) is 26.1 Å². The molecule has 0 atom stereocenters. The number of carbonyl (C=O) groups is 1. The normalized spacial score (nSPS) is 10.9. The molecule has 0 heterocycles. The highest BCUT2D eigenvalue weighted by Gasteiger charge is 2.13. The Kier molecular flexibility index (Phi) is 4.44. The Labute approximate surface area is 122 Å². The van der Waals surface area contributed by atoms with Crippen LogP contribution in [0.3, 0.4) is 0 Å². The third kappa shape index (κ3) is 4.22. The van der Waals surface area contributed by atoms with Gasteiger partial charge in [0, 0.05) is 5.69 Å². The lowest BCUT2D eigenvalue weighted by Gasteiger charge is -2.09. The summed E-state index contributed by atoms with van der Waals surface area (Å²) in [6.07, 6.45) is 0. The molecule has 0 aliphatic carbocycles. The minimum atomic E-state index is -3.64. The summed E-state index contributed by atoms with van der Waals surface area (Å²) < 4.78 is 31.6. The number of ether oxygens (including phenoxy) is 1. The van der Waals surface area contributed by atoms with E-state index in [1.165, 1.54) is 36.4 Å². The van der Waals surface area contributed by atoms with Gasteiger partial charge in [0.2, 0.25) is 0 Å². The van der Waals surface area contributed by atoms with E-state index in [9.17, 15) is 13.2 Å². The number of hydrogen-bond donors (Lipinski definition) is 2. The molecule has 0 unspecified atom stereocenters. The van der Waals surface area contributed by atoms with Gasteiger partial charge in [-0.15, -0.1) is 0 Å². The van der Waals surface area contributed by atoms with Gasteiger partial charge in [-0.25, -0.2) is 13.2 Å². The summed E-state index contributed by atoms with van der Waals surface area (Å²) in [5, 5.41) is 8.49. The van der Waals surface area contributed by atoms with Crippen molar-refractivity contribution in [3.63, 3.8) is 0 Å². The molecule has 0 aliphatic rings. The third-order valence-electron chi connectivity index (χ3n) is 2.52. The van der Waals surface area contributed by atoms with Crippen LogP contribution in [-0.2, 0) is 14.8 Å². The van der Waals surface area contributed by atoms with Crippen LogP contribution in [0.15, 0.2) is 59.5 Å². The van der Waals surface area contributed by atoms with Crippen molar-refractivity contribution in [2.45, 2.75) is 4.90 Å². The third-order valence-corrected chi connectivity index (χ3v) is 3.92. The number of carboxylic acids is 1. The molecule has 0 fully saturated rings. The van der Waals surface area contributed by atoms with Gasteiger partial charge in [-0.05, 0) is 36.4 Å². The summed E-state index contributed by atoms with van der Waals surface area (Å²) in [7, 11) is -3.64. The zero-order valence-corrected chi connectivity index (χ0v) is 11.7. The van der Waals surface area contributed by atoms with E-state index in [2.05, 4.69) is 4.72 Å². The molecular weight excluding hydrogens is 294 g/mol. The van der Waals surface area contributed by atoms with Crippen LogP contribution in [0, 0.1) is 0 Å². The number of aliphatic carboxylic acids is 1. The van der Waals surface area contributed by atoms with E-state index in [0.29, 0.717) is 11.4 Å². The van der Waals surface area contributed by atoms with Crippen molar-refractivity contribution < 1.29 is 23.1 Å². The van der Waals surface area contributed by atoms with Gasteiger partial charge in [0.1, 0.15) is 5.75 Å². The van der Waals surface area contributed by atoms with Crippen LogP contribution in [0.5, 0.6) is 5.75 Å². The molecule has 7 heteroatoms. The van der Waals surface area contributed by atoms with Crippen LogP contribution < -0.4 is 9.46 Å². The molecular formula is C14H13NO5S. The Morgan fingerprint density at radius 1 is 1.05 bits per heavy atom. The fourth-order valence-electron chi connectivity index (χ4n) is 1.58. The van der Waals surface area contributed by atoms with Gasteiger partial charge in [-0.3, -0.25) is 4.72 Å². The second-order valence-electron chi connectivity index (χ2n) is 4.13. The van der Waals surface area contributed by atoms with E-state index >= 15 is 0 Å². The molecule has 2 rings (SSSR count). The zero-order chi connectivity index (χ0) is 15.3. The van der Waals surface area contributed by atoms with Gasteiger partial charge in [0.15, 0.2) is 6.61 Å². The number of anilines is 1. The SMILES string of the molecule is O=C(O)COc1ccc(NS(=O)(=O)c2ccccc2)cc1. The Bertz CT molecular complexity index is 711. The number of nitrogens with one attached hydrogen (secondary N) is 1. The van der Waals surface area contributed by atoms with Crippen LogP contribution in [0.4, 0.5) is 5.69 Å². The standard InChI is InChI=1S/C14H13NO5S/c16-14(17)10-20-12-8-6-11(7-9-12)15-21(18,19)13-4-2-1-3-5-13/h1-9,15H,10H2,(H,16,17). The molecule has 0 aliphatic heterocycles. The molecule has 110 valence electrons. The Morgan fingerprint density at radius 2 is 1.67 bits per heavy atom. The highest BCUT2D eigenvalue weighted by atomic mass is 32.2. The second-order valence-corrected chi connectivity index (χ2v) is 5.81. The van der Waals surface area contributed by atoms with Crippen LogP contribution >= 0.6 is 0 Å². The number of hydrogen-bond acceptors (Lipinski definition) is 4. The first-order valence-corrected chi connectivity index (χ1v) is 7.48. The molecule has 21 heavy (non-hydrogen) atoms. The summed E-state index contributed by atoms with van der Waals surface area (Å²) in [4.78, 5) is 10.5. The lowest BCUT2D eigenvalue weighted by atomic mass is 10.3. The van der Waals surface area contributed by atoms with Crippen LogP contribution in [0.25, 0.3) is 0 Å². The van der Waals surface area contributed by atoms with Crippen molar-refractivity contribution in [1.29, 1.82) is 0 Å². The fourth-order valence-corrected chi connectivity index (χ4v) is 2.66. The Hall–Kier alpha value is -2.54. The number of carboxylic acid groups (broad SMARTS) is 1. The van der Waals surface area contributed by atoms with Gasteiger partial charge >= 0.3 is 5.97 Å². The average Bonchev–Trinajstić information content (AvgIpc) is 2.47. The maximum atomic E-state index is 12.1. The Balaban J connectivity index is 2.08. The van der Waals surface area contributed by atoms with E-state index in [1.54, 1.807) is 18.2 Å². The molecule has 2 aromatic rings. The highest BCUT2D eigenvalue weighted by molar-refractivity contribution is 7.92. The van der Waals surface area contributed by atoms with Gasteiger partial charge < -0.3 is 9.84 Å². The number of rotatable bonds is 6. The molecule has 0 saturated carbocycles. The zero-order valence-electron chi connectivity index (χ0n) is 10.9. The first-order chi connectivity index (χ1) is 9.97. The minimum Gasteiger partial charge on any atom is -0.482 e. The summed E-state index contributed by atoms with van der Waals surface area (Å²) in [6.45, 7) is -0.449. The molecule has 0 radical (unpaired) electrons. The molecule has 0 saturated heterocycles. The molecule has 0 amide bonds. The summed E-state index contributed by atoms with van der Waals surface area (Å²) in [5.74, 6) is -0.732. The topological polar surface area (TPSA) is 92.7 Å². The summed E-state index contributed by atoms with van der Waals surface area (Å²) in [5.41, 5.74) is 0.363. The molecule has 0 spiro atoms. The molecule has 6 nitrogen and oxygen atoms in total. The van der Waals surface area contributed by atoms with Crippen LogP contribution in [0.2, 0.25) is 0 Å². The largest absolute Gasteiger partial charge is 0.482 e. The maximum Gasteiger partial charge on any atom is 0.341 e.